The minimum absolute atomic E-state index is 0.0684. The van der Waals surface area contributed by atoms with Crippen molar-refractivity contribution in [1.29, 1.82) is 0 Å². The number of rotatable bonds is 6. The van der Waals surface area contributed by atoms with Gasteiger partial charge in [-0.1, -0.05) is 27.7 Å². The van der Waals surface area contributed by atoms with E-state index in [-0.39, 0.29) is 18.4 Å². The maximum atomic E-state index is 12.5. The molecule has 1 amide bonds. The molecule has 2 unspecified atom stereocenters. The first-order chi connectivity index (χ1) is 10.4. The van der Waals surface area contributed by atoms with Crippen molar-refractivity contribution in [3.05, 3.63) is 0 Å². The first kappa shape index (κ1) is 20.2. The molecule has 136 valence electrons. The van der Waals surface area contributed by atoms with E-state index in [1.165, 1.54) is 4.90 Å². The lowest BCUT2D eigenvalue weighted by molar-refractivity contribution is -0.152. The Labute approximate surface area is 136 Å². The second-order valence-electron chi connectivity index (χ2n) is 7.58. The Balaban J connectivity index is 2.51. The fourth-order valence-corrected chi connectivity index (χ4v) is 3.13. The summed E-state index contributed by atoms with van der Waals surface area (Å²) in [6.45, 7) is 7.41. The molecule has 2 atom stereocenters. The molecular formula is C16H29F3N2O2. The highest BCUT2D eigenvalue weighted by atomic mass is 19.4. The minimum Gasteiger partial charge on any atom is -0.392 e. The third-order valence-electron chi connectivity index (χ3n) is 4.43. The van der Waals surface area contributed by atoms with Crippen molar-refractivity contribution in [3.8, 4) is 0 Å². The van der Waals surface area contributed by atoms with E-state index in [4.69, 9.17) is 0 Å². The zero-order valence-corrected chi connectivity index (χ0v) is 14.4. The number of alkyl halides is 3. The van der Waals surface area contributed by atoms with Crippen LogP contribution in [0.5, 0.6) is 0 Å². The fraction of sp³-hybridized carbons (Fsp3) is 0.938. The molecule has 4 nitrogen and oxygen atoms in total. The van der Waals surface area contributed by atoms with Crippen LogP contribution in [0.4, 0.5) is 13.2 Å². The lowest BCUT2D eigenvalue weighted by Gasteiger charge is -2.35. The average molecular weight is 338 g/mol. The largest absolute Gasteiger partial charge is 0.401 e. The lowest BCUT2D eigenvalue weighted by atomic mass is 9.80. The van der Waals surface area contributed by atoms with Crippen molar-refractivity contribution in [2.24, 2.45) is 17.3 Å². The molecule has 0 spiro atoms. The minimum atomic E-state index is -4.23. The predicted octanol–water partition coefficient (Wildman–Crippen LogP) is 2.42. The van der Waals surface area contributed by atoms with Crippen molar-refractivity contribution in [1.82, 2.24) is 10.2 Å². The predicted molar refractivity (Wildman–Crippen MR) is 82.9 cm³/mol. The van der Waals surface area contributed by atoms with Crippen molar-refractivity contribution in [2.45, 2.75) is 52.8 Å². The number of hydrogen-bond acceptors (Lipinski definition) is 3. The Morgan fingerprint density at radius 1 is 1.35 bits per heavy atom. The Kier molecular flexibility index (Phi) is 6.89. The van der Waals surface area contributed by atoms with Gasteiger partial charge in [-0.3, -0.25) is 9.69 Å². The third kappa shape index (κ3) is 6.67. The molecule has 0 aliphatic carbocycles. The highest BCUT2D eigenvalue weighted by molar-refractivity contribution is 5.79. The second kappa shape index (κ2) is 7.83. The molecule has 0 bridgehead atoms. The number of carbonyl (C=O) groups is 1. The molecule has 1 fully saturated rings. The van der Waals surface area contributed by atoms with Crippen LogP contribution in [0.15, 0.2) is 0 Å². The Morgan fingerprint density at radius 3 is 2.48 bits per heavy atom. The number of amides is 1. The van der Waals surface area contributed by atoms with E-state index < -0.39 is 30.2 Å². The first-order valence-corrected chi connectivity index (χ1v) is 8.17. The number of piperidine rings is 1. The molecule has 1 heterocycles. The van der Waals surface area contributed by atoms with Crippen LogP contribution >= 0.6 is 0 Å². The monoisotopic (exact) mass is 338 g/mol. The normalized spacial score (nSPS) is 22.2. The summed E-state index contributed by atoms with van der Waals surface area (Å²) >= 11 is 0. The average Bonchev–Trinajstić information content (AvgIpc) is 2.42. The summed E-state index contributed by atoms with van der Waals surface area (Å²) in [6.07, 6.45) is -3.60. The standard InChI is InChI=1S/C16H29F3N2O2/c1-11(2)13(22)15(3,4)9-20-14(23)12-6-5-7-21(8-12)10-16(17,18)19/h11-13,22H,5-10H2,1-4H3,(H,20,23). The number of aliphatic hydroxyl groups excluding tert-OH is 1. The summed E-state index contributed by atoms with van der Waals surface area (Å²) < 4.78 is 37.4. The van der Waals surface area contributed by atoms with Crippen LogP contribution in [0.2, 0.25) is 0 Å². The highest BCUT2D eigenvalue weighted by Gasteiger charge is 2.35. The van der Waals surface area contributed by atoms with Gasteiger partial charge >= 0.3 is 6.18 Å². The van der Waals surface area contributed by atoms with Gasteiger partial charge in [0.25, 0.3) is 0 Å². The van der Waals surface area contributed by atoms with Gasteiger partial charge in [0, 0.05) is 18.5 Å². The fourth-order valence-electron chi connectivity index (χ4n) is 3.13. The Hall–Kier alpha value is -0.820. The van der Waals surface area contributed by atoms with E-state index in [2.05, 4.69) is 5.32 Å². The van der Waals surface area contributed by atoms with E-state index >= 15 is 0 Å². The van der Waals surface area contributed by atoms with Crippen LogP contribution in [0.1, 0.15) is 40.5 Å². The van der Waals surface area contributed by atoms with Crippen molar-refractivity contribution in [3.63, 3.8) is 0 Å². The summed E-state index contributed by atoms with van der Waals surface area (Å²) in [5.74, 6) is -0.571. The number of hydrogen-bond donors (Lipinski definition) is 2. The van der Waals surface area contributed by atoms with Gasteiger partial charge < -0.3 is 10.4 Å². The second-order valence-corrected chi connectivity index (χ2v) is 7.58. The van der Waals surface area contributed by atoms with Gasteiger partial charge in [-0.05, 0) is 25.3 Å². The third-order valence-corrected chi connectivity index (χ3v) is 4.43. The number of nitrogens with one attached hydrogen (secondary N) is 1. The lowest BCUT2D eigenvalue weighted by Crippen LogP contribution is -2.49. The van der Waals surface area contributed by atoms with Crippen LogP contribution in [-0.2, 0) is 4.79 Å². The SMILES string of the molecule is CC(C)C(O)C(C)(C)CNC(=O)C1CCCN(CC(F)(F)F)C1. The molecule has 2 N–H and O–H groups in total. The van der Waals surface area contributed by atoms with Crippen LogP contribution < -0.4 is 5.32 Å². The molecule has 0 saturated carbocycles. The molecule has 0 radical (unpaired) electrons. The van der Waals surface area contributed by atoms with E-state index in [0.29, 0.717) is 25.9 Å². The van der Waals surface area contributed by atoms with Gasteiger partial charge in [0.15, 0.2) is 0 Å². The van der Waals surface area contributed by atoms with Crippen molar-refractivity contribution in [2.75, 3.05) is 26.2 Å². The molecule has 1 saturated heterocycles. The van der Waals surface area contributed by atoms with E-state index in [1.54, 1.807) is 0 Å². The van der Waals surface area contributed by atoms with Crippen molar-refractivity contribution >= 4 is 5.91 Å². The van der Waals surface area contributed by atoms with Gasteiger partial charge in [0.1, 0.15) is 0 Å². The maximum Gasteiger partial charge on any atom is 0.401 e. The quantitative estimate of drug-likeness (QED) is 0.782. The molecular weight excluding hydrogens is 309 g/mol. The number of likely N-dealkylation sites (tertiary alicyclic amines) is 1. The van der Waals surface area contributed by atoms with Crippen molar-refractivity contribution < 1.29 is 23.1 Å². The smallest absolute Gasteiger partial charge is 0.392 e. The Bertz CT molecular complexity index is 397. The van der Waals surface area contributed by atoms with Crippen LogP contribution in [0.3, 0.4) is 0 Å². The number of carbonyl (C=O) groups excluding carboxylic acids is 1. The maximum absolute atomic E-state index is 12.5. The summed E-state index contributed by atoms with van der Waals surface area (Å²) in [5.41, 5.74) is -0.482. The molecule has 23 heavy (non-hydrogen) atoms. The summed E-state index contributed by atoms with van der Waals surface area (Å²) in [7, 11) is 0. The van der Waals surface area contributed by atoms with Gasteiger partial charge in [0.05, 0.1) is 18.6 Å². The molecule has 7 heteroatoms. The Morgan fingerprint density at radius 2 is 1.96 bits per heavy atom. The summed E-state index contributed by atoms with van der Waals surface area (Å²) in [4.78, 5) is 13.5. The highest BCUT2D eigenvalue weighted by Crippen LogP contribution is 2.26. The summed E-state index contributed by atoms with van der Waals surface area (Å²) in [6, 6.07) is 0. The first-order valence-electron chi connectivity index (χ1n) is 8.17. The molecule has 0 aromatic carbocycles. The van der Waals surface area contributed by atoms with E-state index in [1.807, 2.05) is 27.7 Å². The molecule has 1 aliphatic heterocycles. The zero-order valence-electron chi connectivity index (χ0n) is 14.4. The van der Waals surface area contributed by atoms with Crippen LogP contribution in [0, 0.1) is 17.3 Å². The van der Waals surface area contributed by atoms with Gasteiger partial charge in [-0.15, -0.1) is 0 Å². The number of nitrogens with zero attached hydrogens (tertiary/aromatic N) is 1. The number of aliphatic hydroxyl groups is 1. The van der Waals surface area contributed by atoms with Gasteiger partial charge in [0.2, 0.25) is 5.91 Å². The summed E-state index contributed by atoms with van der Waals surface area (Å²) in [5, 5.41) is 13.0. The molecule has 0 aromatic heterocycles. The van der Waals surface area contributed by atoms with Gasteiger partial charge in [-0.25, -0.2) is 0 Å². The van der Waals surface area contributed by atoms with Gasteiger partial charge in [-0.2, -0.15) is 13.2 Å². The topological polar surface area (TPSA) is 52.6 Å². The van der Waals surface area contributed by atoms with E-state index in [9.17, 15) is 23.1 Å². The van der Waals surface area contributed by atoms with E-state index in [0.717, 1.165) is 0 Å². The molecule has 1 rings (SSSR count). The molecule has 0 aromatic rings. The zero-order chi connectivity index (χ0) is 17.8. The molecule has 1 aliphatic rings. The van der Waals surface area contributed by atoms with Crippen LogP contribution in [0.25, 0.3) is 0 Å². The van der Waals surface area contributed by atoms with Crippen LogP contribution in [-0.4, -0.2) is 54.4 Å². The number of halogens is 3.